The molecular formula is C8H8BClN2O3S. The smallest absolute Gasteiger partial charge is 0.427 e. The lowest BCUT2D eigenvalue weighted by atomic mass is 9.72. The molecule has 0 saturated carbocycles. The van der Waals surface area contributed by atoms with E-state index in [0.29, 0.717) is 15.4 Å². The Morgan fingerprint density at radius 1 is 1.44 bits per heavy atom. The summed E-state index contributed by atoms with van der Waals surface area (Å²) in [6.45, 7) is 0. The van der Waals surface area contributed by atoms with Crippen molar-refractivity contribution in [3.8, 4) is 0 Å². The number of hydrazone groups is 1. The SMILES string of the molecule is O=S(=O)(CCl)N1N=Cc2ccccc2B1O. The van der Waals surface area contributed by atoms with E-state index in [-0.39, 0.29) is 0 Å². The van der Waals surface area contributed by atoms with Gasteiger partial charge in [0.05, 0.1) is 6.21 Å². The van der Waals surface area contributed by atoms with Crippen LogP contribution in [0.3, 0.4) is 0 Å². The first-order valence-corrected chi connectivity index (χ1v) is 6.59. The van der Waals surface area contributed by atoms with Crippen LogP contribution in [0.2, 0.25) is 0 Å². The molecule has 0 bridgehead atoms. The second-order valence-corrected chi connectivity index (χ2v) is 5.65. The summed E-state index contributed by atoms with van der Waals surface area (Å²) in [7, 11) is -5.08. The minimum absolute atomic E-state index is 0.492. The highest BCUT2D eigenvalue weighted by atomic mass is 35.5. The highest BCUT2D eigenvalue weighted by molar-refractivity contribution is 7.91. The van der Waals surface area contributed by atoms with E-state index >= 15 is 0 Å². The highest BCUT2D eigenvalue weighted by Crippen LogP contribution is 2.11. The zero-order valence-corrected chi connectivity index (χ0v) is 9.69. The summed E-state index contributed by atoms with van der Waals surface area (Å²) in [5.74, 6) is 0. The minimum Gasteiger partial charge on any atom is -0.427 e. The number of sulfonamides is 1. The molecule has 2 rings (SSSR count). The largest absolute Gasteiger partial charge is 0.484 e. The monoisotopic (exact) mass is 258 g/mol. The molecule has 1 aromatic rings. The second-order valence-electron chi connectivity index (χ2n) is 3.24. The number of rotatable bonds is 2. The van der Waals surface area contributed by atoms with Gasteiger partial charge in [-0.1, -0.05) is 24.3 Å². The number of halogens is 1. The summed E-state index contributed by atoms with van der Waals surface area (Å²) in [5, 5.41) is 12.9. The number of nitrogens with zero attached hydrogens (tertiary/aromatic N) is 2. The summed E-state index contributed by atoms with van der Waals surface area (Å²) in [6, 6.07) is 6.88. The molecule has 0 amide bonds. The standard InChI is InChI=1S/C8H8BClN2O3S/c10-6-16(14,15)12-9(13)8-4-2-1-3-7(8)5-11-12/h1-5,13H,6H2. The Hall–Kier alpha value is -1.05. The van der Waals surface area contributed by atoms with Crippen LogP contribution >= 0.6 is 11.6 Å². The van der Waals surface area contributed by atoms with E-state index in [9.17, 15) is 13.4 Å². The van der Waals surface area contributed by atoms with Crippen molar-refractivity contribution in [1.29, 1.82) is 0 Å². The van der Waals surface area contributed by atoms with Crippen LogP contribution in [-0.2, 0) is 10.0 Å². The van der Waals surface area contributed by atoms with E-state index in [1.54, 1.807) is 24.3 Å². The number of hydrogen-bond donors (Lipinski definition) is 1. The molecule has 1 heterocycles. The molecule has 0 spiro atoms. The molecule has 1 N–H and O–H groups in total. The molecule has 84 valence electrons. The Morgan fingerprint density at radius 3 is 2.81 bits per heavy atom. The van der Waals surface area contributed by atoms with Crippen molar-refractivity contribution in [2.45, 2.75) is 0 Å². The summed E-state index contributed by atoms with van der Waals surface area (Å²) < 4.78 is 23.6. The van der Waals surface area contributed by atoms with Gasteiger partial charge in [-0.3, -0.25) is 0 Å². The molecule has 1 aliphatic heterocycles. The molecule has 16 heavy (non-hydrogen) atoms. The lowest BCUT2D eigenvalue weighted by Gasteiger charge is -2.24. The molecule has 0 aliphatic carbocycles. The Balaban J connectivity index is 2.46. The number of benzene rings is 1. The minimum atomic E-state index is -3.76. The van der Waals surface area contributed by atoms with E-state index < -0.39 is 22.3 Å². The molecule has 1 aliphatic rings. The number of fused-ring (bicyclic) bond motifs is 1. The second kappa shape index (κ2) is 4.08. The van der Waals surface area contributed by atoms with Crippen LogP contribution in [0.15, 0.2) is 29.4 Å². The summed E-state index contributed by atoms with van der Waals surface area (Å²) >= 11 is 5.30. The van der Waals surface area contributed by atoms with Gasteiger partial charge in [0.15, 0.2) is 0 Å². The van der Waals surface area contributed by atoms with Crippen molar-refractivity contribution in [3.05, 3.63) is 29.8 Å². The predicted octanol–water partition coefficient (Wildman–Crippen LogP) is -0.450. The van der Waals surface area contributed by atoms with Crippen LogP contribution in [0.25, 0.3) is 0 Å². The van der Waals surface area contributed by atoms with Gasteiger partial charge < -0.3 is 5.02 Å². The van der Waals surface area contributed by atoms with Crippen LogP contribution in [0, 0.1) is 0 Å². The zero-order valence-electron chi connectivity index (χ0n) is 8.12. The topological polar surface area (TPSA) is 70.0 Å². The average molecular weight is 258 g/mol. The molecule has 0 fully saturated rings. The van der Waals surface area contributed by atoms with E-state index in [1.807, 2.05) is 0 Å². The van der Waals surface area contributed by atoms with Crippen molar-refractivity contribution < 1.29 is 13.4 Å². The first-order valence-electron chi connectivity index (χ1n) is 4.45. The molecule has 8 heteroatoms. The van der Waals surface area contributed by atoms with Gasteiger partial charge in [-0.2, -0.15) is 9.43 Å². The number of alkyl halides is 1. The molecule has 0 radical (unpaired) electrons. The fourth-order valence-corrected chi connectivity index (χ4v) is 2.45. The highest BCUT2D eigenvalue weighted by Gasteiger charge is 2.36. The third kappa shape index (κ3) is 1.81. The van der Waals surface area contributed by atoms with Crippen LogP contribution in [0.1, 0.15) is 5.56 Å². The van der Waals surface area contributed by atoms with Crippen molar-refractivity contribution in [2.24, 2.45) is 5.10 Å². The molecule has 5 nitrogen and oxygen atoms in total. The Labute approximate surface area is 98.5 Å². The molecule has 0 atom stereocenters. The lowest BCUT2D eigenvalue weighted by molar-refractivity contribution is 0.478. The zero-order chi connectivity index (χ0) is 11.8. The lowest BCUT2D eigenvalue weighted by Crippen LogP contribution is -2.52. The van der Waals surface area contributed by atoms with Crippen LogP contribution < -0.4 is 5.46 Å². The maximum atomic E-state index is 11.5. The van der Waals surface area contributed by atoms with Gasteiger partial charge in [0, 0.05) is 0 Å². The van der Waals surface area contributed by atoms with E-state index in [4.69, 9.17) is 11.6 Å². The molecule has 1 aromatic carbocycles. The Kier molecular flexibility index (Phi) is 2.92. The normalized spacial score (nSPS) is 15.1. The number of hydrogen-bond acceptors (Lipinski definition) is 4. The van der Waals surface area contributed by atoms with Crippen LogP contribution in [0.4, 0.5) is 0 Å². The van der Waals surface area contributed by atoms with Gasteiger partial charge in [0.25, 0.3) is 10.0 Å². The van der Waals surface area contributed by atoms with Crippen LogP contribution in [0.5, 0.6) is 0 Å². The Morgan fingerprint density at radius 2 is 2.12 bits per heavy atom. The van der Waals surface area contributed by atoms with Crippen molar-refractivity contribution in [1.82, 2.24) is 4.33 Å². The summed E-state index contributed by atoms with van der Waals surface area (Å²) in [4.78, 5) is 0. The van der Waals surface area contributed by atoms with Gasteiger partial charge in [-0.05, 0) is 11.0 Å². The molecule has 0 saturated heterocycles. The van der Waals surface area contributed by atoms with E-state index in [2.05, 4.69) is 5.10 Å². The summed E-state index contributed by atoms with van der Waals surface area (Å²) in [5.41, 5.74) is 1.18. The van der Waals surface area contributed by atoms with Gasteiger partial charge in [-0.15, -0.1) is 11.6 Å². The molecular weight excluding hydrogens is 250 g/mol. The van der Waals surface area contributed by atoms with Crippen LogP contribution in [-0.4, -0.2) is 36.2 Å². The van der Waals surface area contributed by atoms with Gasteiger partial charge in [-0.25, -0.2) is 8.42 Å². The average Bonchev–Trinajstić information content (AvgIpc) is 2.29. The van der Waals surface area contributed by atoms with Crippen molar-refractivity contribution in [2.75, 3.05) is 5.21 Å². The third-order valence-corrected chi connectivity index (χ3v) is 4.18. The van der Waals surface area contributed by atoms with E-state index in [1.165, 1.54) is 6.21 Å². The molecule has 0 unspecified atom stereocenters. The van der Waals surface area contributed by atoms with E-state index in [0.717, 1.165) is 0 Å². The first kappa shape index (κ1) is 11.4. The first-order chi connectivity index (χ1) is 7.56. The van der Waals surface area contributed by atoms with Gasteiger partial charge in [0.2, 0.25) is 0 Å². The maximum absolute atomic E-state index is 11.5. The fraction of sp³-hybridized carbons (Fsp3) is 0.125. The fourth-order valence-electron chi connectivity index (χ4n) is 1.44. The molecule has 0 aromatic heterocycles. The predicted molar refractivity (Wildman–Crippen MR) is 63.1 cm³/mol. The van der Waals surface area contributed by atoms with Crippen molar-refractivity contribution in [3.63, 3.8) is 0 Å². The third-order valence-electron chi connectivity index (χ3n) is 2.22. The summed E-state index contributed by atoms with van der Waals surface area (Å²) in [6.07, 6.45) is 1.38. The Bertz CT molecular complexity index is 534. The van der Waals surface area contributed by atoms with Gasteiger partial charge in [0.1, 0.15) is 5.21 Å². The quantitative estimate of drug-likeness (QED) is 0.577. The maximum Gasteiger partial charge on any atom is 0.484 e. The van der Waals surface area contributed by atoms with Crippen molar-refractivity contribution >= 4 is 40.4 Å². The van der Waals surface area contributed by atoms with Gasteiger partial charge >= 0.3 is 7.05 Å².